The van der Waals surface area contributed by atoms with Gasteiger partial charge in [0.2, 0.25) is 11.0 Å². The van der Waals surface area contributed by atoms with E-state index in [1.807, 2.05) is 54.6 Å². The van der Waals surface area contributed by atoms with Gasteiger partial charge in [0.05, 0.1) is 6.07 Å². The van der Waals surface area contributed by atoms with Crippen LogP contribution in [0.25, 0.3) is 0 Å². The Morgan fingerprint density at radius 2 is 1.21 bits per heavy atom. The molecule has 0 aliphatic heterocycles. The first kappa shape index (κ1) is 18.5. The summed E-state index contributed by atoms with van der Waals surface area (Å²) in [5, 5.41) is 13.1. The second kappa shape index (κ2) is 8.02. The van der Waals surface area contributed by atoms with E-state index in [1.165, 1.54) is 15.9 Å². The van der Waals surface area contributed by atoms with Crippen molar-refractivity contribution in [2.75, 3.05) is 0 Å². The van der Waals surface area contributed by atoms with E-state index in [0.717, 1.165) is 5.44 Å². The van der Waals surface area contributed by atoms with Crippen molar-refractivity contribution >= 4 is 41.2 Å². The maximum atomic E-state index is 9.11. The van der Waals surface area contributed by atoms with Crippen LogP contribution in [-0.4, -0.2) is 4.98 Å². The van der Waals surface area contributed by atoms with Gasteiger partial charge in [0.15, 0.2) is 7.26 Å². The number of rotatable bonds is 5. The van der Waals surface area contributed by atoms with Crippen LogP contribution >= 0.6 is 19.9 Å². The lowest BCUT2D eigenvalue weighted by molar-refractivity contribution is 0.437. The van der Waals surface area contributed by atoms with Gasteiger partial charge >= 0.3 is 0 Å². The summed E-state index contributed by atoms with van der Waals surface area (Å²) in [6, 6.07) is 33.3. The van der Waals surface area contributed by atoms with Crippen molar-refractivity contribution in [1.82, 2.24) is 4.98 Å². The first-order valence-electron chi connectivity index (χ1n) is 8.89. The third-order valence-electron chi connectivity index (χ3n) is 4.61. The van der Waals surface area contributed by atoms with Crippen LogP contribution in [0.4, 0.5) is 0 Å². The predicted octanol–water partition coefficient (Wildman–Crippen LogP) is 3.65. The second-order valence-electron chi connectivity index (χ2n) is 6.25. The van der Waals surface area contributed by atoms with E-state index < -0.39 is 7.26 Å². The molecule has 0 aliphatic carbocycles. The molecule has 136 valence electrons. The molecule has 1 heterocycles. The van der Waals surface area contributed by atoms with Crippen molar-refractivity contribution in [2.45, 2.75) is 11.5 Å². The Morgan fingerprint density at radius 3 is 1.61 bits per heavy atom. The Hall–Kier alpha value is -2.86. The summed E-state index contributed by atoms with van der Waals surface area (Å²) in [7, 11) is -2.34. The standard InChI is InChI=1S/C23H17N2OPS/c24-17-16-21-25-22(23(28)26-21)27(18-10-4-1-5-11-18,19-12-6-2-7-13-19)20-14-8-3-9-15-20/h1-15H,16H2/p+1. The van der Waals surface area contributed by atoms with Crippen LogP contribution in [0.1, 0.15) is 5.89 Å². The second-order valence-corrected chi connectivity index (χ2v) is 9.97. The van der Waals surface area contributed by atoms with Crippen LogP contribution < -0.4 is 21.3 Å². The smallest absolute Gasteiger partial charge is 0.250 e. The normalized spacial score (nSPS) is 11.1. The molecule has 0 atom stereocenters. The van der Waals surface area contributed by atoms with E-state index in [4.69, 9.17) is 14.7 Å². The molecule has 4 rings (SSSR count). The van der Waals surface area contributed by atoms with Crippen molar-refractivity contribution in [2.24, 2.45) is 0 Å². The molecule has 0 fully saturated rings. The first-order valence-corrected chi connectivity index (χ1v) is 11.1. The summed E-state index contributed by atoms with van der Waals surface area (Å²) >= 11 is 4.64. The summed E-state index contributed by atoms with van der Waals surface area (Å²) in [6.07, 6.45) is 0.117. The Kier molecular flexibility index (Phi) is 5.30. The van der Waals surface area contributed by atoms with E-state index in [9.17, 15) is 0 Å². The van der Waals surface area contributed by atoms with E-state index in [1.54, 1.807) is 0 Å². The van der Waals surface area contributed by atoms with Crippen LogP contribution in [0.5, 0.6) is 0 Å². The lowest BCUT2D eigenvalue weighted by atomic mass is 10.4. The molecule has 0 saturated carbocycles. The van der Waals surface area contributed by atoms with Crippen LogP contribution in [0.3, 0.4) is 0 Å². The molecule has 0 amide bonds. The minimum absolute atomic E-state index is 0.117. The van der Waals surface area contributed by atoms with Gasteiger partial charge in [0.1, 0.15) is 22.3 Å². The Morgan fingerprint density at radius 1 is 0.786 bits per heavy atom. The highest BCUT2D eigenvalue weighted by atomic mass is 32.1. The SMILES string of the molecule is N#CCc1nc([P+](c2ccccc2)(c2ccccc2)c2ccccc2)c(S)o1. The average molecular weight is 401 g/mol. The largest absolute Gasteiger partial charge is 0.429 e. The van der Waals surface area contributed by atoms with Gasteiger partial charge in [-0.05, 0) is 36.4 Å². The van der Waals surface area contributed by atoms with E-state index in [-0.39, 0.29) is 6.42 Å². The Balaban J connectivity index is 2.12. The number of thiol groups is 1. The van der Waals surface area contributed by atoms with Gasteiger partial charge < -0.3 is 4.42 Å². The van der Waals surface area contributed by atoms with Crippen LogP contribution in [0.15, 0.2) is 101 Å². The minimum Gasteiger partial charge on any atom is -0.429 e. The summed E-state index contributed by atoms with van der Waals surface area (Å²) in [5.74, 6) is 0.398. The van der Waals surface area contributed by atoms with Gasteiger partial charge in [-0.15, -0.1) is 0 Å². The summed E-state index contributed by atoms with van der Waals surface area (Å²) < 4.78 is 5.78. The van der Waals surface area contributed by atoms with Crippen molar-refractivity contribution in [3.8, 4) is 6.07 Å². The molecule has 28 heavy (non-hydrogen) atoms. The Bertz CT molecular complexity index is 1010. The molecular weight excluding hydrogens is 383 g/mol. The number of benzene rings is 3. The molecule has 0 spiro atoms. The van der Waals surface area contributed by atoms with Gasteiger partial charge in [-0.1, -0.05) is 67.2 Å². The highest BCUT2D eigenvalue weighted by Gasteiger charge is 2.52. The maximum Gasteiger partial charge on any atom is 0.250 e. The number of hydrogen-bond acceptors (Lipinski definition) is 4. The molecule has 3 aromatic carbocycles. The van der Waals surface area contributed by atoms with Gasteiger partial charge in [-0.3, -0.25) is 0 Å². The lowest BCUT2D eigenvalue weighted by Gasteiger charge is -2.25. The summed E-state index contributed by atoms with van der Waals surface area (Å²) in [6.45, 7) is 0. The lowest BCUT2D eigenvalue weighted by Crippen LogP contribution is -2.39. The van der Waals surface area contributed by atoms with Gasteiger partial charge in [-0.2, -0.15) is 10.2 Å². The van der Waals surface area contributed by atoms with Crippen molar-refractivity contribution in [3.05, 3.63) is 96.9 Å². The molecule has 1 aromatic heterocycles. The molecule has 0 unspecified atom stereocenters. The quantitative estimate of drug-likeness (QED) is 0.410. The zero-order valence-corrected chi connectivity index (χ0v) is 16.9. The van der Waals surface area contributed by atoms with Crippen LogP contribution in [0, 0.1) is 11.3 Å². The molecule has 0 N–H and O–H groups in total. The topological polar surface area (TPSA) is 49.8 Å². The van der Waals surface area contributed by atoms with E-state index in [2.05, 4.69) is 55.1 Å². The number of hydrogen-bond donors (Lipinski definition) is 1. The predicted molar refractivity (Wildman–Crippen MR) is 118 cm³/mol. The molecular formula is C23H18N2OPS+. The summed E-state index contributed by atoms with van der Waals surface area (Å²) in [5.41, 5.74) is 0.796. The number of oxazole rings is 1. The fourth-order valence-electron chi connectivity index (χ4n) is 3.48. The maximum absolute atomic E-state index is 9.11. The van der Waals surface area contributed by atoms with Crippen molar-refractivity contribution < 1.29 is 4.42 Å². The number of aromatic nitrogens is 1. The molecule has 0 aliphatic rings. The van der Waals surface area contributed by atoms with E-state index in [0.29, 0.717) is 11.0 Å². The van der Waals surface area contributed by atoms with E-state index >= 15 is 0 Å². The van der Waals surface area contributed by atoms with Crippen LogP contribution in [-0.2, 0) is 6.42 Å². The molecule has 0 bridgehead atoms. The zero-order chi connectivity index (χ0) is 19.4. The Labute approximate surface area is 170 Å². The third-order valence-corrected chi connectivity index (χ3v) is 9.25. The van der Waals surface area contributed by atoms with Gasteiger partial charge in [-0.25, -0.2) is 0 Å². The summed E-state index contributed by atoms with van der Waals surface area (Å²) in [4.78, 5) is 4.79. The van der Waals surface area contributed by atoms with Crippen molar-refractivity contribution in [3.63, 3.8) is 0 Å². The fourth-order valence-corrected chi connectivity index (χ4v) is 8.16. The minimum atomic E-state index is -2.34. The number of nitriles is 1. The highest BCUT2D eigenvalue weighted by Crippen LogP contribution is 2.55. The highest BCUT2D eigenvalue weighted by molar-refractivity contribution is 8.02. The molecule has 5 heteroatoms. The molecule has 3 nitrogen and oxygen atoms in total. The molecule has 0 saturated heterocycles. The zero-order valence-electron chi connectivity index (χ0n) is 15.1. The monoisotopic (exact) mass is 401 g/mol. The number of nitrogens with zero attached hydrogens (tertiary/aromatic N) is 2. The molecule has 4 aromatic rings. The average Bonchev–Trinajstić information content (AvgIpc) is 3.12. The van der Waals surface area contributed by atoms with Gasteiger partial charge in [0, 0.05) is 0 Å². The molecule has 0 radical (unpaired) electrons. The first-order chi connectivity index (χ1) is 13.8. The van der Waals surface area contributed by atoms with Crippen LogP contribution in [0.2, 0.25) is 0 Å². The van der Waals surface area contributed by atoms with Gasteiger partial charge in [0.25, 0.3) is 5.44 Å². The third kappa shape index (κ3) is 3.14. The van der Waals surface area contributed by atoms with Crippen molar-refractivity contribution in [1.29, 1.82) is 5.26 Å². The fraction of sp³-hybridized carbons (Fsp3) is 0.0435.